The lowest BCUT2D eigenvalue weighted by molar-refractivity contribution is -0.155. The minimum atomic E-state index is -0.902. The summed E-state index contributed by atoms with van der Waals surface area (Å²) in [5.74, 6) is -0.398. The van der Waals surface area contributed by atoms with Crippen molar-refractivity contribution < 1.29 is 14.3 Å². The van der Waals surface area contributed by atoms with Gasteiger partial charge in [-0.25, -0.2) is 4.79 Å². The number of piperidine rings is 1. The molecule has 1 aliphatic rings. The van der Waals surface area contributed by atoms with E-state index in [4.69, 9.17) is 4.74 Å². The van der Waals surface area contributed by atoms with Crippen LogP contribution in [-0.2, 0) is 20.7 Å². The number of ether oxygens (including phenoxy) is 1. The largest absolute Gasteiger partial charge is 0.464 e. The van der Waals surface area contributed by atoms with Gasteiger partial charge in [-0.05, 0) is 32.3 Å². The molecule has 2 rings (SSSR count). The van der Waals surface area contributed by atoms with Crippen molar-refractivity contribution in [2.45, 2.75) is 45.1 Å². The zero-order valence-electron chi connectivity index (χ0n) is 12.1. The van der Waals surface area contributed by atoms with E-state index in [0.717, 1.165) is 12.0 Å². The molecular weight excluding hydrogens is 254 g/mol. The fourth-order valence-electron chi connectivity index (χ4n) is 2.62. The van der Waals surface area contributed by atoms with E-state index < -0.39 is 5.54 Å². The van der Waals surface area contributed by atoms with Crippen LogP contribution in [0.4, 0.5) is 0 Å². The number of nitrogens with one attached hydrogen (secondary N) is 1. The van der Waals surface area contributed by atoms with Gasteiger partial charge in [0.2, 0.25) is 5.91 Å². The molecule has 0 bridgehead atoms. The number of aryl methyl sites for hydroxylation is 1. The van der Waals surface area contributed by atoms with Gasteiger partial charge in [0.05, 0.1) is 6.61 Å². The molecule has 1 aliphatic heterocycles. The summed E-state index contributed by atoms with van der Waals surface area (Å²) in [5, 5.41) is 2.86. The van der Waals surface area contributed by atoms with E-state index in [1.807, 2.05) is 31.2 Å². The van der Waals surface area contributed by atoms with Gasteiger partial charge in [-0.1, -0.05) is 29.8 Å². The lowest BCUT2D eigenvalue weighted by Gasteiger charge is -2.35. The number of rotatable bonds is 4. The highest BCUT2D eigenvalue weighted by Crippen LogP contribution is 2.26. The summed E-state index contributed by atoms with van der Waals surface area (Å²) in [6, 6.07) is 8.02. The predicted octanol–water partition coefficient (Wildman–Crippen LogP) is 2.14. The van der Waals surface area contributed by atoms with E-state index in [1.165, 1.54) is 5.56 Å². The second kappa shape index (κ2) is 6.07. The van der Waals surface area contributed by atoms with Crippen molar-refractivity contribution in [1.82, 2.24) is 5.32 Å². The molecule has 1 aromatic rings. The quantitative estimate of drug-likeness (QED) is 0.857. The molecule has 1 atom stereocenters. The number of benzene rings is 1. The number of esters is 1. The van der Waals surface area contributed by atoms with Crippen molar-refractivity contribution in [2.24, 2.45) is 0 Å². The molecule has 1 N–H and O–H groups in total. The van der Waals surface area contributed by atoms with Crippen LogP contribution in [0.2, 0.25) is 0 Å². The molecule has 4 nitrogen and oxygen atoms in total. The van der Waals surface area contributed by atoms with Crippen molar-refractivity contribution in [3.8, 4) is 0 Å². The smallest absolute Gasteiger partial charge is 0.332 e. The first-order chi connectivity index (χ1) is 9.55. The SMILES string of the molecule is CCOC(=O)C1(Cc2ccc(C)cc2)CCCC(=O)N1. The van der Waals surface area contributed by atoms with Crippen LogP contribution in [0.25, 0.3) is 0 Å². The third-order valence-corrected chi connectivity index (χ3v) is 3.68. The van der Waals surface area contributed by atoms with Crippen LogP contribution >= 0.6 is 0 Å². The predicted molar refractivity (Wildman–Crippen MR) is 76.2 cm³/mol. The average Bonchev–Trinajstić information content (AvgIpc) is 2.42. The molecule has 1 amide bonds. The van der Waals surface area contributed by atoms with Crippen molar-refractivity contribution in [3.05, 3.63) is 35.4 Å². The van der Waals surface area contributed by atoms with E-state index in [2.05, 4.69) is 5.32 Å². The van der Waals surface area contributed by atoms with Crippen LogP contribution in [0, 0.1) is 6.92 Å². The fraction of sp³-hybridized carbons (Fsp3) is 0.500. The molecule has 4 heteroatoms. The summed E-state index contributed by atoms with van der Waals surface area (Å²) in [4.78, 5) is 24.0. The number of carbonyl (C=O) groups excluding carboxylic acids is 2. The Hall–Kier alpha value is -1.84. The van der Waals surface area contributed by atoms with Crippen LogP contribution in [0.1, 0.15) is 37.3 Å². The summed E-state index contributed by atoms with van der Waals surface area (Å²) < 4.78 is 5.18. The highest BCUT2D eigenvalue weighted by molar-refractivity contribution is 5.89. The molecule has 1 heterocycles. The second-order valence-electron chi connectivity index (χ2n) is 5.37. The van der Waals surface area contributed by atoms with Crippen LogP contribution in [0.5, 0.6) is 0 Å². The van der Waals surface area contributed by atoms with Gasteiger partial charge in [0.15, 0.2) is 0 Å². The summed E-state index contributed by atoms with van der Waals surface area (Å²) in [7, 11) is 0. The van der Waals surface area contributed by atoms with Crippen LogP contribution < -0.4 is 5.32 Å². The zero-order valence-corrected chi connectivity index (χ0v) is 12.1. The molecule has 0 spiro atoms. The van der Waals surface area contributed by atoms with E-state index in [1.54, 1.807) is 6.92 Å². The fourth-order valence-corrected chi connectivity index (χ4v) is 2.62. The molecule has 0 aliphatic carbocycles. The number of hydrogen-bond acceptors (Lipinski definition) is 3. The van der Waals surface area contributed by atoms with Gasteiger partial charge in [0.25, 0.3) is 0 Å². The Bertz CT molecular complexity index is 495. The van der Waals surface area contributed by atoms with Gasteiger partial charge in [-0.15, -0.1) is 0 Å². The van der Waals surface area contributed by atoms with Gasteiger partial charge in [-0.3, -0.25) is 4.79 Å². The minimum Gasteiger partial charge on any atom is -0.464 e. The zero-order chi connectivity index (χ0) is 14.6. The maximum Gasteiger partial charge on any atom is 0.332 e. The first-order valence-electron chi connectivity index (χ1n) is 7.09. The summed E-state index contributed by atoms with van der Waals surface area (Å²) in [6.45, 7) is 4.12. The highest BCUT2D eigenvalue weighted by Gasteiger charge is 2.43. The minimum absolute atomic E-state index is 0.0728. The van der Waals surface area contributed by atoms with Crippen LogP contribution in [0.15, 0.2) is 24.3 Å². The number of amides is 1. The normalized spacial score (nSPS) is 22.2. The average molecular weight is 275 g/mol. The Kier molecular flexibility index (Phi) is 4.42. The van der Waals surface area contributed by atoms with Crippen LogP contribution in [-0.4, -0.2) is 24.0 Å². The maximum atomic E-state index is 12.3. The van der Waals surface area contributed by atoms with Crippen molar-refractivity contribution >= 4 is 11.9 Å². The molecule has 20 heavy (non-hydrogen) atoms. The van der Waals surface area contributed by atoms with E-state index in [9.17, 15) is 9.59 Å². The molecule has 0 saturated carbocycles. The summed E-state index contributed by atoms with van der Waals surface area (Å²) in [5.41, 5.74) is 1.30. The molecule has 0 radical (unpaired) electrons. The lowest BCUT2D eigenvalue weighted by Crippen LogP contribution is -2.59. The molecule has 0 aromatic heterocycles. The van der Waals surface area contributed by atoms with Crippen molar-refractivity contribution in [3.63, 3.8) is 0 Å². The second-order valence-corrected chi connectivity index (χ2v) is 5.37. The molecule has 1 saturated heterocycles. The third kappa shape index (κ3) is 3.18. The van der Waals surface area contributed by atoms with E-state index in [-0.39, 0.29) is 11.9 Å². The highest BCUT2D eigenvalue weighted by atomic mass is 16.5. The topological polar surface area (TPSA) is 55.4 Å². The molecule has 1 unspecified atom stereocenters. The van der Waals surface area contributed by atoms with Crippen LogP contribution in [0.3, 0.4) is 0 Å². The van der Waals surface area contributed by atoms with Crippen molar-refractivity contribution in [2.75, 3.05) is 6.61 Å². The maximum absolute atomic E-state index is 12.3. The summed E-state index contributed by atoms with van der Waals surface area (Å²) in [6.07, 6.45) is 2.31. The standard InChI is InChI=1S/C16H21NO3/c1-3-20-15(19)16(10-4-5-14(18)17-16)11-13-8-6-12(2)7-9-13/h6-9H,3-5,10-11H2,1-2H3,(H,17,18). The van der Waals surface area contributed by atoms with Gasteiger partial charge >= 0.3 is 5.97 Å². The molecule has 1 aromatic carbocycles. The third-order valence-electron chi connectivity index (χ3n) is 3.68. The Morgan fingerprint density at radius 3 is 2.65 bits per heavy atom. The number of carbonyl (C=O) groups is 2. The Balaban J connectivity index is 2.24. The van der Waals surface area contributed by atoms with Gasteiger partial charge in [0, 0.05) is 12.8 Å². The molecular formula is C16H21NO3. The number of hydrogen-bond donors (Lipinski definition) is 1. The monoisotopic (exact) mass is 275 g/mol. The van der Waals surface area contributed by atoms with Gasteiger partial charge in [-0.2, -0.15) is 0 Å². The van der Waals surface area contributed by atoms with Crippen molar-refractivity contribution in [1.29, 1.82) is 0 Å². The molecule has 108 valence electrons. The van der Waals surface area contributed by atoms with E-state index in [0.29, 0.717) is 25.9 Å². The lowest BCUT2D eigenvalue weighted by atomic mass is 9.83. The molecule has 1 fully saturated rings. The Morgan fingerprint density at radius 2 is 2.05 bits per heavy atom. The first-order valence-corrected chi connectivity index (χ1v) is 7.09. The van der Waals surface area contributed by atoms with E-state index >= 15 is 0 Å². The summed E-state index contributed by atoms with van der Waals surface area (Å²) >= 11 is 0. The van der Waals surface area contributed by atoms with Gasteiger partial charge < -0.3 is 10.1 Å². The first kappa shape index (κ1) is 14.6. The van der Waals surface area contributed by atoms with Gasteiger partial charge in [0.1, 0.15) is 5.54 Å². The Labute approximate surface area is 119 Å². The Morgan fingerprint density at radius 1 is 1.35 bits per heavy atom.